The van der Waals surface area contributed by atoms with Crippen LogP contribution in [0.5, 0.6) is 0 Å². The summed E-state index contributed by atoms with van der Waals surface area (Å²) in [6, 6.07) is 41.0. The molecule has 12 rings (SSSR count). The van der Waals surface area contributed by atoms with Gasteiger partial charge in [0.25, 0.3) is 0 Å². The lowest BCUT2D eigenvalue weighted by molar-refractivity contribution is 0.131. The summed E-state index contributed by atoms with van der Waals surface area (Å²) in [7, 11) is 0. The predicted octanol–water partition coefficient (Wildman–Crippen LogP) is 12.6. The fourth-order valence-corrected chi connectivity index (χ4v) is 13.7. The maximum Gasteiger partial charge on any atom is 0.103 e. The molecular formula is C68H58N18O3S3. The molecular weight excluding hydrogens is 1210 g/mol. The minimum absolute atomic E-state index is 0.163. The Hall–Kier alpha value is -10.8. The molecule has 9 heterocycles. The van der Waals surface area contributed by atoms with Crippen molar-refractivity contribution >= 4 is 51.8 Å². The summed E-state index contributed by atoms with van der Waals surface area (Å²) in [5.74, 6) is 0. The molecule has 456 valence electrons. The van der Waals surface area contributed by atoms with E-state index >= 15 is 0 Å². The summed E-state index contributed by atoms with van der Waals surface area (Å²) in [5.41, 5.74) is 13.5. The largest absolute Gasteiger partial charge is 0.394 e. The normalized spacial score (nSPS) is 12.0. The van der Waals surface area contributed by atoms with Crippen molar-refractivity contribution in [2.45, 2.75) is 108 Å². The Morgan fingerprint density at radius 3 is 1.07 bits per heavy atom. The number of aliphatic hydroxyl groups excluding tert-OH is 3. The molecule has 0 aliphatic carbocycles. The Morgan fingerprint density at radius 1 is 0.424 bits per heavy atom. The van der Waals surface area contributed by atoms with Gasteiger partial charge in [0.15, 0.2) is 0 Å². The Balaban J connectivity index is 0.000000151. The van der Waals surface area contributed by atoms with E-state index in [0.29, 0.717) is 50.5 Å². The first-order valence-corrected chi connectivity index (χ1v) is 31.4. The summed E-state index contributed by atoms with van der Waals surface area (Å²) >= 11 is 4.30. The molecule has 9 aromatic heterocycles. The van der Waals surface area contributed by atoms with Crippen molar-refractivity contribution in [1.82, 2.24) is 58.2 Å². The van der Waals surface area contributed by atoms with Crippen molar-refractivity contribution in [2.24, 2.45) is 0 Å². The van der Waals surface area contributed by atoms with Gasteiger partial charge in [0.2, 0.25) is 0 Å². The number of hydrogen-bond donors (Lipinski definition) is 3. The van der Waals surface area contributed by atoms with Crippen LogP contribution in [0.15, 0.2) is 176 Å². The minimum Gasteiger partial charge on any atom is -0.394 e. The second kappa shape index (κ2) is 28.4. The van der Waals surface area contributed by atoms with Gasteiger partial charge in [-0.15, -0.1) is 0 Å². The summed E-state index contributed by atoms with van der Waals surface area (Å²) < 4.78 is 10.5. The van der Waals surface area contributed by atoms with Crippen molar-refractivity contribution in [3.05, 3.63) is 197 Å². The van der Waals surface area contributed by atoms with Gasteiger partial charge in [-0.05, 0) is 103 Å². The lowest BCUT2D eigenvalue weighted by Gasteiger charge is -2.17. The van der Waals surface area contributed by atoms with Crippen molar-refractivity contribution in [3.8, 4) is 69.8 Å². The zero-order valence-corrected chi connectivity index (χ0v) is 53.4. The number of pyridine rings is 3. The van der Waals surface area contributed by atoms with Crippen molar-refractivity contribution in [1.29, 1.82) is 31.6 Å². The Morgan fingerprint density at radius 2 is 0.739 bits per heavy atom. The number of benzene rings is 3. The number of aromatic nitrogens is 12. The number of nitrogens with zero attached hydrogens (tertiary/aromatic N) is 18. The Labute approximate surface area is 542 Å². The molecule has 3 atom stereocenters. The molecule has 0 bridgehead atoms. The molecule has 3 aromatic carbocycles. The van der Waals surface area contributed by atoms with Gasteiger partial charge in [-0.1, -0.05) is 78.6 Å². The van der Waals surface area contributed by atoms with Gasteiger partial charge in [-0.25, -0.2) is 13.5 Å². The van der Waals surface area contributed by atoms with E-state index in [-0.39, 0.29) is 19.3 Å². The van der Waals surface area contributed by atoms with Gasteiger partial charge in [0.05, 0.1) is 119 Å². The quantitative estimate of drug-likeness (QED) is 0.0809. The van der Waals surface area contributed by atoms with Crippen LogP contribution in [0.4, 0.5) is 0 Å². The maximum atomic E-state index is 9.97. The van der Waals surface area contributed by atoms with Crippen molar-refractivity contribution < 1.29 is 15.3 Å². The van der Waals surface area contributed by atoms with E-state index in [2.05, 4.69) is 93.8 Å². The molecule has 0 saturated heterocycles. The maximum absolute atomic E-state index is 9.97. The first-order chi connectivity index (χ1) is 44.6. The van der Waals surface area contributed by atoms with E-state index in [1.54, 1.807) is 68.1 Å². The van der Waals surface area contributed by atoms with E-state index in [4.69, 9.17) is 0 Å². The van der Waals surface area contributed by atoms with Gasteiger partial charge in [-0.3, -0.25) is 14.0 Å². The number of fused-ring (bicyclic) bond motifs is 3. The van der Waals surface area contributed by atoms with Crippen LogP contribution in [0.25, 0.3) is 49.9 Å². The van der Waals surface area contributed by atoms with E-state index in [0.717, 1.165) is 91.8 Å². The second-order valence-electron chi connectivity index (χ2n) is 21.3. The van der Waals surface area contributed by atoms with E-state index in [1.807, 2.05) is 122 Å². The summed E-state index contributed by atoms with van der Waals surface area (Å²) in [5, 5.41) is 113. The third kappa shape index (κ3) is 12.9. The summed E-state index contributed by atoms with van der Waals surface area (Å²) in [6.45, 7) is 13.4. The zero-order chi connectivity index (χ0) is 65.3. The third-order valence-electron chi connectivity index (χ3n) is 15.7. The third-order valence-corrected chi connectivity index (χ3v) is 19.0. The molecule has 3 unspecified atom stereocenters. The van der Waals surface area contributed by atoms with Crippen LogP contribution in [0.3, 0.4) is 0 Å². The molecule has 0 saturated carbocycles. The topological polar surface area (TPSA) is 309 Å². The molecule has 12 aromatic rings. The molecule has 3 N–H and O–H groups in total. The molecule has 0 radical (unpaired) electrons. The molecule has 0 aliphatic heterocycles. The lowest BCUT2D eigenvalue weighted by atomic mass is 10.1. The molecule has 24 heteroatoms. The highest BCUT2D eigenvalue weighted by Gasteiger charge is 2.24. The fourth-order valence-electron chi connectivity index (χ4n) is 10.4. The SMILES string of the molecule is CCC(C)n1ncc(-c2cc(Sc3ccccc3C#N)c3c(C#N)cnn3c2)c1C.Cc1c(-c2cc(Sc3ccccc3C#N)c3c(C#N)cnn3c2)cnn1C(C)C(C)O.Cc1c(-c2cc(Sc3ccccc3C#N)c3c(C#N)cnn3c2)cnn1C(CO)CO. The first-order valence-electron chi connectivity index (χ1n) is 28.9. The monoisotopic (exact) mass is 1270 g/mol. The molecule has 21 nitrogen and oxygen atoms in total. The molecule has 0 spiro atoms. The lowest BCUT2D eigenvalue weighted by Crippen LogP contribution is -2.20. The summed E-state index contributed by atoms with van der Waals surface area (Å²) in [6.07, 6.45) is 16.1. The summed E-state index contributed by atoms with van der Waals surface area (Å²) in [4.78, 5) is 4.91. The van der Waals surface area contributed by atoms with E-state index in [9.17, 15) is 46.9 Å². The molecule has 0 amide bonds. The molecule has 92 heavy (non-hydrogen) atoms. The van der Waals surface area contributed by atoms with Crippen LogP contribution in [0, 0.1) is 88.8 Å². The van der Waals surface area contributed by atoms with Gasteiger partial charge < -0.3 is 15.3 Å². The van der Waals surface area contributed by atoms with E-state index < -0.39 is 12.1 Å². The highest BCUT2D eigenvalue weighted by Crippen LogP contribution is 2.41. The van der Waals surface area contributed by atoms with Crippen LogP contribution < -0.4 is 0 Å². The fraction of sp³-hybridized carbons (Fsp3) is 0.206. The number of aliphatic hydroxyl groups is 3. The smallest absolute Gasteiger partial charge is 0.103 e. The number of hydrogen-bond acceptors (Lipinski definition) is 18. The first kappa shape index (κ1) is 64.2. The highest BCUT2D eigenvalue weighted by atomic mass is 32.2. The van der Waals surface area contributed by atoms with Gasteiger partial charge in [0.1, 0.15) is 36.4 Å². The zero-order valence-electron chi connectivity index (χ0n) is 50.9. The van der Waals surface area contributed by atoms with E-state index in [1.165, 1.54) is 41.5 Å². The van der Waals surface area contributed by atoms with Crippen LogP contribution in [-0.2, 0) is 0 Å². The number of nitriles is 6. The second-order valence-corrected chi connectivity index (χ2v) is 24.6. The molecule has 0 aliphatic rings. The van der Waals surface area contributed by atoms with Crippen LogP contribution in [0.2, 0.25) is 0 Å². The van der Waals surface area contributed by atoms with Crippen molar-refractivity contribution in [3.63, 3.8) is 0 Å². The predicted molar refractivity (Wildman–Crippen MR) is 348 cm³/mol. The Bertz CT molecular complexity index is 4810. The van der Waals surface area contributed by atoms with Crippen LogP contribution in [-0.4, -0.2) is 92.8 Å². The van der Waals surface area contributed by atoms with Crippen molar-refractivity contribution in [2.75, 3.05) is 13.2 Å². The van der Waals surface area contributed by atoms with Gasteiger partial charge >= 0.3 is 0 Å². The highest BCUT2D eigenvalue weighted by molar-refractivity contribution is 8.00. The Kier molecular flexibility index (Phi) is 19.8. The average molecular weight is 1270 g/mol. The van der Waals surface area contributed by atoms with Crippen LogP contribution >= 0.6 is 35.3 Å². The number of rotatable bonds is 16. The average Bonchev–Trinajstić information content (AvgIpc) is 1.60. The minimum atomic E-state index is -0.535. The van der Waals surface area contributed by atoms with Crippen LogP contribution in [0.1, 0.15) is 103 Å². The van der Waals surface area contributed by atoms with Gasteiger partial charge in [0, 0.05) is 104 Å². The van der Waals surface area contributed by atoms with Gasteiger partial charge in [-0.2, -0.15) is 62.2 Å². The standard InChI is InChI=1S/C23H20N6OS.C23H20N6S.C22H18N6O2S/c1-14(16(3)30)29-15(2)20(12-27-29)18-8-22(23-19(10-25)11-26-28(23)13-18)31-21-7-5-4-6-17(21)9-24;1-4-15(2)29-16(3)20(13-27-29)18-9-22(23-19(11-25)12-26-28(23)14-18)30-21-8-6-5-7-17(21)10-24;1-14-19(10-26-28(14)18(12-29)13-30)16-6-21(22-17(8-24)9-25-27(22)11-16)31-20-5-3-2-4-15(20)7-23/h4-8,11-14,16,30H,1-3H3;5-9,12-15H,4H2,1-3H3;2-6,9-11,18,29-30H,12-13H2,1H3. The molecule has 0 fully saturated rings.